The SMILES string of the molecule is CCC(N)C(Sc1nccc(=O)[nH]1)C(C)(C)C. The molecule has 0 radical (unpaired) electrons. The number of hydrogen-bond acceptors (Lipinski definition) is 4. The number of nitrogens with one attached hydrogen (secondary N) is 1. The second-order valence-corrected chi connectivity index (χ2v) is 6.35. The third kappa shape index (κ3) is 4.16. The smallest absolute Gasteiger partial charge is 0.251 e. The molecule has 1 aromatic heterocycles. The molecule has 1 rings (SSSR count). The minimum Gasteiger partial charge on any atom is -0.327 e. The van der Waals surface area contributed by atoms with Gasteiger partial charge in [0.15, 0.2) is 5.16 Å². The van der Waals surface area contributed by atoms with E-state index in [0.717, 1.165) is 6.42 Å². The number of hydrogen-bond donors (Lipinski definition) is 2. The van der Waals surface area contributed by atoms with Gasteiger partial charge in [0.2, 0.25) is 0 Å². The van der Waals surface area contributed by atoms with Crippen LogP contribution in [0.4, 0.5) is 0 Å². The van der Waals surface area contributed by atoms with Gasteiger partial charge in [-0.2, -0.15) is 0 Å². The maximum Gasteiger partial charge on any atom is 0.251 e. The lowest BCUT2D eigenvalue weighted by molar-refractivity contribution is 0.349. The van der Waals surface area contributed by atoms with Gasteiger partial charge >= 0.3 is 0 Å². The number of nitrogens with zero attached hydrogens (tertiary/aromatic N) is 1. The van der Waals surface area contributed by atoms with E-state index in [1.807, 2.05) is 0 Å². The van der Waals surface area contributed by atoms with Crippen molar-refractivity contribution in [3.63, 3.8) is 0 Å². The van der Waals surface area contributed by atoms with E-state index in [9.17, 15) is 4.79 Å². The van der Waals surface area contributed by atoms with Crippen LogP contribution in [0.25, 0.3) is 0 Å². The summed E-state index contributed by atoms with van der Waals surface area (Å²) in [5.41, 5.74) is 6.09. The second-order valence-electron chi connectivity index (χ2n) is 5.22. The van der Waals surface area contributed by atoms with E-state index in [1.165, 1.54) is 12.3 Å². The fourth-order valence-corrected chi connectivity index (χ4v) is 2.90. The summed E-state index contributed by atoms with van der Waals surface area (Å²) in [4.78, 5) is 18.1. The number of aromatic nitrogens is 2. The first-order chi connectivity index (χ1) is 7.84. The van der Waals surface area contributed by atoms with Gasteiger partial charge in [-0.05, 0) is 11.8 Å². The summed E-state index contributed by atoms with van der Waals surface area (Å²) >= 11 is 1.55. The number of aromatic amines is 1. The molecule has 0 aliphatic rings. The Morgan fingerprint density at radius 3 is 2.65 bits per heavy atom. The molecule has 0 fully saturated rings. The Morgan fingerprint density at radius 1 is 1.53 bits per heavy atom. The van der Waals surface area contributed by atoms with E-state index in [-0.39, 0.29) is 22.3 Å². The predicted molar refractivity (Wildman–Crippen MR) is 72.2 cm³/mol. The van der Waals surface area contributed by atoms with Crippen molar-refractivity contribution in [2.75, 3.05) is 0 Å². The van der Waals surface area contributed by atoms with E-state index in [4.69, 9.17) is 5.73 Å². The molecule has 2 atom stereocenters. The quantitative estimate of drug-likeness (QED) is 0.638. The van der Waals surface area contributed by atoms with Gasteiger partial charge in [-0.3, -0.25) is 4.79 Å². The molecule has 1 heterocycles. The Kier molecular flexibility index (Phi) is 4.77. The highest BCUT2D eigenvalue weighted by atomic mass is 32.2. The first kappa shape index (κ1) is 14.3. The molecule has 4 nitrogen and oxygen atoms in total. The lowest BCUT2D eigenvalue weighted by Crippen LogP contribution is -2.40. The van der Waals surface area contributed by atoms with Crippen LogP contribution in [0.15, 0.2) is 22.2 Å². The maximum atomic E-state index is 11.2. The van der Waals surface area contributed by atoms with Crippen molar-refractivity contribution in [2.24, 2.45) is 11.1 Å². The van der Waals surface area contributed by atoms with Crippen molar-refractivity contribution in [1.82, 2.24) is 9.97 Å². The molecule has 96 valence electrons. The molecule has 5 heteroatoms. The van der Waals surface area contributed by atoms with Crippen molar-refractivity contribution in [3.05, 3.63) is 22.6 Å². The fourth-order valence-electron chi connectivity index (χ4n) is 1.65. The Morgan fingerprint density at radius 2 is 2.18 bits per heavy atom. The van der Waals surface area contributed by atoms with Crippen LogP contribution in [-0.4, -0.2) is 21.3 Å². The van der Waals surface area contributed by atoms with Crippen LogP contribution in [0.2, 0.25) is 0 Å². The highest BCUT2D eigenvalue weighted by Crippen LogP contribution is 2.35. The summed E-state index contributed by atoms with van der Waals surface area (Å²) in [6, 6.07) is 1.50. The summed E-state index contributed by atoms with van der Waals surface area (Å²) in [7, 11) is 0. The Bertz CT molecular complexity index is 411. The lowest BCUT2D eigenvalue weighted by atomic mass is 9.87. The van der Waals surface area contributed by atoms with Gasteiger partial charge in [0.1, 0.15) is 0 Å². The predicted octanol–water partition coefficient (Wildman–Crippen LogP) is 2.01. The molecule has 0 amide bonds. The molecular formula is C12H21N3OS. The third-order valence-electron chi connectivity index (χ3n) is 2.60. The summed E-state index contributed by atoms with van der Waals surface area (Å²) in [6.45, 7) is 8.54. The van der Waals surface area contributed by atoms with E-state index < -0.39 is 0 Å². The van der Waals surface area contributed by atoms with Gasteiger partial charge in [0.05, 0.1) is 0 Å². The number of rotatable bonds is 4. The Balaban J connectivity index is 2.91. The van der Waals surface area contributed by atoms with Crippen molar-refractivity contribution >= 4 is 11.8 Å². The molecule has 2 unspecified atom stereocenters. The van der Waals surface area contributed by atoms with Crippen molar-refractivity contribution < 1.29 is 0 Å². The van der Waals surface area contributed by atoms with Gasteiger partial charge in [-0.25, -0.2) is 4.98 Å². The van der Waals surface area contributed by atoms with Gasteiger partial charge in [-0.15, -0.1) is 0 Å². The molecule has 17 heavy (non-hydrogen) atoms. The minimum absolute atomic E-state index is 0.0640. The third-order valence-corrected chi connectivity index (χ3v) is 4.34. The highest BCUT2D eigenvalue weighted by molar-refractivity contribution is 7.99. The van der Waals surface area contributed by atoms with Crippen LogP contribution in [0.5, 0.6) is 0 Å². The Labute approximate surface area is 106 Å². The van der Waals surface area contributed by atoms with E-state index in [1.54, 1.807) is 11.8 Å². The molecule has 0 bridgehead atoms. The first-order valence-corrected chi connectivity index (χ1v) is 6.70. The van der Waals surface area contributed by atoms with E-state index in [0.29, 0.717) is 5.16 Å². The number of thioether (sulfide) groups is 1. The molecule has 1 aromatic rings. The van der Waals surface area contributed by atoms with Crippen molar-refractivity contribution in [2.45, 2.75) is 50.6 Å². The normalized spacial score (nSPS) is 15.6. The van der Waals surface area contributed by atoms with Gasteiger partial charge in [0, 0.05) is 23.6 Å². The average Bonchev–Trinajstić information content (AvgIpc) is 2.23. The molecule has 0 aliphatic heterocycles. The fraction of sp³-hybridized carbons (Fsp3) is 0.667. The van der Waals surface area contributed by atoms with Crippen molar-refractivity contribution in [1.29, 1.82) is 0 Å². The number of H-pyrrole nitrogens is 1. The lowest BCUT2D eigenvalue weighted by Gasteiger charge is -2.33. The van der Waals surface area contributed by atoms with Crippen LogP contribution in [0, 0.1) is 5.41 Å². The van der Waals surface area contributed by atoms with Gasteiger partial charge < -0.3 is 10.7 Å². The summed E-state index contributed by atoms with van der Waals surface area (Å²) in [5.74, 6) is 0. The topological polar surface area (TPSA) is 71.8 Å². The highest BCUT2D eigenvalue weighted by Gasteiger charge is 2.30. The van der Waals surface area contributed by atoms with Crippen molar-refractivity contribution in [3.8, 4) is 0 Å². The van der Waals surface area contributed by atoms with Crippen LogP contribution in [-0.2, 0) is 0 Å². The molecule has 0 aliphatic carbocycles. The molecule has 0 aromatic carbocycles. The average molecular weight is 255 g/mol. The zero-order chi connectivity index (χ0) is 13.1. The monoisotopic (exact) mass is 255 g/mol. The number of nitrogens with two attached hydrogens (primary N) is 1. The zero-order valence-corrected chi connectivity index (χ0v) is 11.7. The maximum absolute atomic E-state index is 11.2. The molecule has 3 N–H and O–H groups in total. The summed E-state index contributed by atoms with van der Waals surface area (Å²) < 4.78 is 0. The molecule has 0 saturated carbocycles. The summed E-state index contributed by atoms with van der Waals surface area (Å²) in [5, 5.41) is 0.861. The van der Waals surface area contributed by atoms with Crippen LogP contribution in [0.1, 0.15) is 34.1 Å². The van der Waals surface area contributed by atoms with Gasteiger partial charge in [0.25, 0.3) is 5.56 Å². The second kappa shape index (κ2) is 5.69. The van der Waals surface area contributed by atoms with E-state index in [2.05, 4.69) is 37.7 Å². The summed E-state index contributed by atoms with van der Waals surface area (Å²) in [6.07, 6.45) is 2.43. The van der Waals surface area contributed by atoms with Crippen LogP contribution in [0.3, 0.4) is 0 Å². The minimum atomic E-state index is -0.125. The van der Waals surface area contributed by atoms with Crippen LogP contribution >= 0.6 is 11.8 Å². The standard InChI is InChI=1S/C12H21N3OS/c1-5-8(13)10(12(2,3)4)17-11-14-7-6-9(16)15-11/h6-8,10H,5,13H2,1-4H3,(H,14,15,16). The van der Waals surface area contributed by atoms with Crippen LogP contribution < -0.4 is 11.3 Å². The van der Waals surface area contributed by atoms with E-state index >= 15 is 0 Å². The largest absolute Gasteiger partial charge is 0.327 e. The zero-order valence-electron chi connectivity index (χ0n) is 10.9. The van der Waals surface area contributed by atoms with Gasteiger partial charge in [-0.1, -0.05) is 39.5 Å². The molecule has 0 saturated heterocycles. The first-order valence-electron chi connectivity index (χ1n) is 5.82. The molecular weight excluding hydrogens is 234 g/mol. The molecule has 0 spiro atoms. The Hall–Kier alpha value is -0.810.